The van der Waals surface area contributed by atoms with E-state index in [2.05, 4.69) is 0 Å². The van der Waals surface area contributed by atoms with E-state index in [9.17, 15) is 20.2 Å². The fourth-order valence-corrected chi connectivity index (χ4v) is 2.64. The third-order valence-electron chi connectivity index (χ3n) is 4.11. The standard InChI is InChI=1S/C22H18N2O6/c25-23(26)22(24(27)28)14-19-11-12-20(29-15-17-7-3-1-4-8-17)21(13-19)30-16-18-9-5-2-6-10-18/h1-14H,15-16H2. The van der Waals surface area contributed by atoms with Crippen LogP contribution in [0.5, 0.6) is 11.5 Å². The Bertz CT molecular complexity index is 1040. The Kier molecular flexibility index (Phi) is 6.73. The van der Waals surface area contributed by atoms with Crippen molar-refractivity contribution < 1.29 is 19.3 Å². The Labute approximate surface area is 172 Å². The SMILES string of the molecule is O=[N+]([O-])C(=Cc1ccc(OCc2ccccc2)c(OCc2ccccc2)c1)[N+](=O)[O-]. The number of nitrogens with zero attached hydrogens (tertiary/aromatic N) is 2. The van der Waals surface area contributed by atoms with Crippen LogP contribution in [0.2, 0.25) is 0 Å². The average Bonchev–Trinajstić information content (AvgIpc) is 2.76. The largest absolute Gasteiger partial charge is 0.559 e. The van der Waals surface area contributed by atoms with Gasteiger partial charge in [-0.3, -0.25) is 20.2 Å². The van der Waals surface area contributed by atoms with Gasteiger partial charge in [-0.25, -0.2) is 0 Å². The molecule has 3 aromatic rings. The fourth-order valence-electron chi connectivity index (χ4n) is 2.64. The van der Waals surface area contributed by atoms with E-state index in [0.717, 1.165) is 17.2 Å². The van der Waals surface area contributed by atoms with Crippen molar-refractivity contribution in [3.8, 4) is 11.5 Å². The molecule has 0 aromatic heterocycles. The molecule has 0 amide bonds. The maximum atomic E-state index is 10.9. The molecular weight excluding hydrogens is 388 g/mol. The minimum Gasteiger partial charge on any atom is -0.485 e. The van der Waals surface area contributed by atoms with Crippen molar-refractivity contribution in [2.75, 3.05) is 0 Å². The van der Waals surface area contributed by atoms with Gasteiger partial charge in [0.05, 0.1) is 0 Å². The van der Waals surface area contributed by atoms with Crippen LogP contribution in [-0.2, 0) is 13.2 Å². The molecule has 0 aliphatic rings. The maximum Gasteiger partial charge on any atom is 0.559 e. The summed E-state index contributed by atoms with van der Waals surface area (Å²) in [4.78, 5) is 19.7. The molecule has 0 atom stereocenters. The van der Waals surface area contributed by atoms with Gasteiger partial charge in [0.2, 0.25) is 0 Å². The predicted molar refractivity (Wildman–Crippen MR) is 110 cm³/mol. The summed E-state index contributed by atoms with van der Waals surface area (Å²) >= 11 is 0. The van der Waals surface area contributed by atoms with E-state index in [-0.39, 0.29) is 12.2 Å². The summed E-state index contributed by atoms with van der Waals surface area (Å²) in [5.74, 6) is -0.368. The van der Waals surface area contributed by atoms with Gasteiger partial charge in [-0.2, -0.15) is 0 Å². The zero-order chi connectivity index (χ0) is 21.3. The Hall–Kier alpha value is -4.20. The molecule has 0 saturated heterocycles. The summed E-state index contributed by atoms with van der Waals surface area (Å²) in [6.45, 7) is 0.541. The second-order valence-corrected chi connectivity index (χ2v) is 6.27. The summed E-state index contributed by atoms with van der Waals surface area (Å²) < 4.78 is 11.7. The van der Waals surface area contributed by atoms with Gasteiger partial charge in [0.1, 0.15) is 29.1 Å². The van der Waals surface area contributed by atoms with E-state index >= 15 is 0 Å². The molecule has 8 nitrogen and oxygen atoms in total. The summed E-state index contributed by atoms with van der Waals surface area (Å²) in [6, 6.07) is 23.5. The van der Waals surface area contributed by atoms with Crippen molar-refractivity contribution in [3.05, 3.63) is 122 Å². The van der Waals surface area contributed by atoms with Crippen molar-refractivity contribution >= 4 is 6.08 Å². The fraction of sp³-hybridized carbons (Fsp3) is 0.0909. The molecule has 0 radical (unpaired) electrons. The number of ether oxygens (including phenoxy) is 2. The monoisotopic (exact) mass is 406 g/mol. The van der Waals surface area contributed by atoms with E-state index in [0.29, 0.717) is 18.1 Å². The minimum atomic E-state index is -1.12. The van der Waals surface area contributed by atoms with E-state index in [1.807, 2.05) is 60.7 Å². The van der Waals surface area contributed by atoms with Gasteiger partial charge in [-0.15, -0.1) is 0 Å². The van der Waals surface area contributed by atoms with Crippen LogP contribution in [0.3, 0.4) is 0 Å². The molecule has 0 saturated carbocycles. The van der Waals surface area contributed by atoms with Crippen LogP contribution in [0.25, 0.3) is 6.08 Å². The number of benzene rings is 3. The molecule has 0 unspecified atom stereocenters. The molecule has 3 rings (SSSR count). The van der Waals surface area contributed by atoms with E-state index in [4.69, 9.17) is 9.47 Å². The Morgan fingerprint density at radius 3 is 1.73 bits per heavy atom. The van der Waals surface area contributed by atoms with Gasteiger partial charge >= 0.3 is 5.82 Å². The van der Waals surface area contributed by atoms with E-state index < -0.39 is 15.7 Å². The van der Waals surface area contributed by atoms with Crippen molar-refractivity contribution in [2.24, 2.45) is 0 Å². The molecule has 0 spiro atoms. The highest BCUT2D eigenvalue weighted by Crippen LogP contribution is 2.31. The molecule has 0 fully saturated rings. The molecule has 152 valence electrons. The highest BCUT2D eigenvalue weighted by atomic mass is 16.7. The quantitative estimate of drug-likeness (QED) is 0.377. The highest BCUT2D eigenvalue weighted by Gasteiger charge is 2.25. The average molecular weight is 406 g/mol. The molecule has 0 heterocycles. The van der Waals surface area contributed by atoms with Crippen molar-refractivity contribution in [1.29, 1.82) is 0 Å². The lowest BCUT2D eigenvalue weighted by molar-refractivity contribution is -0.613. The van der Waals surface area contributed by atoms with Crippen LogP contribution in [-0.4, -0.2) is 9.85 Å². The van der Waals surface area contributed by atoms with Crippen molar-refractivity contribution in [1.82, 2.24) is 0 Å². The number of nitro groups is 2. The molecule has 0 bridgehead atoms. The second-order valence-electron chi connectivity index (χ2n) is 6.27. The first-order valence-electron chi connectivity index (χ1n) is 9.01. The van der Waals surface area contributed by atoms with Gasteiger partial charge in [-0.1, -0.05) is 66.7 Å². The van der Waals surface area contributed by atoms with Crippen molar-refractivity contribution in [2.45, 2.75) is 13.2 Å². The summed E-state index contributed by atoms with van der Waals surface area (Å²) in [6.07, 6.45) is 0.885. The maximum absolute atomic E-state index is 10.9. The zero-order valence-electron chi connectivity index (χ0n) is 15.8. The lowest BCUT2D eigenvalue weighted by Gasteiger charge is -2.14. The molecule has 0 aliphatic carbocycles. The predicted octanol–water partition coefficient (Wildman–Crippen LogP) is 4.70. The van der Waals surface area contributed by atoms with Gasteiger partial charge in [0.25, 0.3) is 0 Å². The van der Waals surface area contributed by atoms with Crippen LogP contribution in [0.4, 0.5) is 0 Å². The first-order chi connectivity index (χ1) is 14.5. The summed E-state index contributed by atoms with van der Waals surface area (Å²) in [5, 5.41) is 21.8. The zero-order valence-corrected chi connectivity index (χ0v) is 15.8. The lowest BCUT2D eigenvalue weighted by Crippen LogP contribution is -2.08. The first-order valence-corrected chi connectivity index (χ1v) is 9.01. The molecule has 8 heteroatoms. The van der Waals surface area contributed by atoms with Crippen molar-refractivity contribution in [3.63, 3.8) is 0 Å². The van der Waals surface area contributed by atoms with Crippen LogP contribution in [0.15, 0.2) is 84.7 Å². The van der Waals surface area contributed by atoms with Crippen LogP contribution in [0.1, 0.15) is 16.7 Å². The second kappa shape index (κ2) is 9.83. The Morgan fingerprint density at radius 1 is 0.733 bits per heavy atom. The molecule has 0 N–H and O–H groups in total. The van der Waals surface area contributed by atoms with E-state index in [1.165, 1.54) is 12.1 Å². The summed E-state index contributed by atoms with van der Waals surface area (Å²) in [7, 11) is 0. The van der Waals surface area contributed by atoms with Gasteiger partial charge in [-0.05, 0) is 28.8 Å². The Balaban J connectivity index is 1.87. The number of rotatable bonds is 9. The Morgan fingerprint density at radius 2 is 1.23 bits per heavy atom. The molecular formula is C22H18N2O6. The third kappa shape index (κ3) is 5.65. The molecule has 30 heavy (non-hydrogen) atoms. The lowest BCUT2D eigenvalue weighted by atomic mass is 10.2. The third-order valence-corrected chi connectivity index (χ3v) is 4.11. The van der Waals surface area contributed by atoms with Gasteiger partial charge in [0, 0.05) is 0 Å². The molecule has 3 aromatic carbocycles. The van der Waals surface area contributed by atoms with Gasteiger partial charge in [0.15, 0.2) is 11.5 Å². The first kappa shape index (κ1) is 20.5. The van der Waals surface area contributed by atoms with Crippen LogP contribution >= 0.6 is 0 Å². The number of hydrogen-bond donors (Lipinski definition) is 0. The topological polar surface area (TPSA) is 105 Å². The van der Waals surface area contributed by atoms with Crippen LogP contribution in [0, 0.1) is 20.2 Å². The normalized spacial score (nSPS) is 10.1. The number of hydrogen-bond acceptors (Lipinski definition) is 6. The smallest absolute Gasteiger partial charge is 0.485 e. The van der Waals surface area contributed by atoms with E-state index in [1.54, 1.807) is 6.07 Å². The van der Waals surface area contributed by atoms with Gasteiger partial charge < -0.3 is 9.47 Å². The minimum absolute atomic E-state index is 0.243. The molecule has 0 aliphatic heterocycles. The van der Waals surface area contributed by atoms with Crippen LogP contribution < -0.4 is 9.47 Å². The summed E-state index contributed by atoms with van der Waals surface area (Å²) in [5.41, 5.74) is 2.14. The highest BCUT2D eigenvalue weighted by molar-refractivity contribution is 5.56.